The zero-order valence-electron chi connectivity index (χ0n) is 12.3. The van der Waals surface area contributed by atoms with Crippen molar-refractivity contribution in [2.24, 2.45) is 0 Å². The van der Waals surface area contributed by atoms with Crippen molar-refractivity contribution in [1.29, 1.82) is 0 Å². The number of carboxylic acid groups (broad SMARTS) is 1. The normalized spacial score (nSPS) is 15.7. The summed E-state index contributed by atoms with van der Waals surface area (Å²) in [5.74, 6) is -0.739. The highest BCUT2D eigenvalue weighted by Gasteiger charge is 2.16. The predicted octanol–water partition coefficient (Wildman–Crippen LogP) is 3.30. The van der Waals surface area contributed by atoms with Crippen molar-refractivity contribution < 1.29 is 9.90 Å². The number of unbranched alkanes of at least 4 members (excludes halogenated alkanes) is 1. The predicted molar refractivity (Wildman–Crippen MR) is 80.9 cm³/mol. The molecule has 1 aromatic carbocycles. The van der Waals surface area contributed by atoms with Gasteiger partial charge in [0.25, 0.3) is 0 Å². The molecule has 1 unspecified atom stereocenters. The summed E-state index contributed by atoms with van der Waals surface area (Å²) in [6, 6.07) is 6.18. The van der Waals surface area contributed by atoms with Crippen molar-refractivity contribution in [2.45, 2.75) is 64.5 Å². The molecule has 1 aliphatic carbocycles. The lowest BCUT2D eigenvalue weighted by molar-refractivity contribution is -0.139. The highest BCUT2D eigenvalue weighted by molar-refractivity contribution is 5.73. The highest BCUT2D eigenvalue weighted by Crippen LogP contribution is 2.22. The zero-order valence-corrected chi connectivity index (χ0v) is 12.3. The lowest BCUT2D eigenvalue weighted by Crippen LogP contribution is -2.36. The molecule has 0 bridgehead atoms. The summed E-state index contributed by atoms with van der Waals surface area (Å²) in [6.07, 6.45) is 7.62. The number of hydrogen-bond donors (Lipinski definition) is 2. The molecule has 0 radical (unpaired) electrons. The number of aryl methyl sites for hydroxylation is 2. The molecule has 0 saturated heterocycles. The van der Waals surface area contributed by atoms with Gasteiger partial charge in [0.05, 0.1) is 0 Å². The molecular weight excluding hydrogens is 250 g/mol. The third-order valence-electron chi connectivity index (χ3n) is 4.11. The minimum atomic E-state index is -0.739. The van der Waals surface area contributed by atoms with Crippen LogP contribution < -0.4 is 5.32 Å². The van der Waals surface area contributed by atoms with Crippen molar-refractivity contribution in [2.75, 3.05) is 0 Å². The summed E-state index contributed by atoms with van der Waals surface area (Å²) in [6.45, 7) is 2.73. The fraction of sp³-hybridized carbons (Fsp3) is 0.588. The van der Waals surface area contributed by atoms with Gasteiger partial charge in [-0.3, -0.25) is 4.79 Å². The number of benzene rings is 1. The summed E-state index contributed by atoms with van der Waals surface area (Å²) in [4.78, 5) is 11.2. The molecule has 0 aliphatic heterocycles. The Morgan fingerprint density at radius 2 is 2.05 bits per heavy atom. The molecule has 1 aromatic rings. The fourth-order valence-electron chi connectivity index (χ4n) is 2.86. The summed E-state index contributed by atoms with van der Waals surface area (Å²) in [5, 5.41) is 12.4. The van der Waals surface area contributed by atoms with Gasteiger partial charge in [-0.1, -0.05) is 38.0 Å². The van der Waals surface area contributed by atoms with Gasteiger partial charge in [-0.2, -0.15) is 0 Å². The van der Waals surface area contributed by atoms with Crippen LogP contribution >= 0.6 is 0 Å². The second-order valence-electron chi connectivity index (χ2n) is 5.72. The van der Waals surface area contributed by atoms with Crippen molar-refractivity contribution in [3.8, 4) is 0 Å². The number of carboxylic acids is 1. The lowest BCUT2D eigenvalue weighted by Gasteiger charge is -2.18. The SMILES string of the molecule is CCCCC(NCc1ccc2c(c1)CCCC2)C(=O)O. The van der Waals surface area contributed by atoms with E-state index in [0.717, 1.165) is 12.8 Å². The third kappa shape index (κ3) is 4.07. The van der Waals surface area contributed by atoms with Gasteiger partial charge in [0.1, 0.15) is 6.04 Å². The van der Waals surface area contributed by atoms with Crippen LogP contribution in [0.3, 0.4) is 0 Å². The number of hydrogen-bond acceptors (Lipinski definition) is 2. The zero-order chi connectivity index (χ0) is 14.4. The van der Waals surface area contributed by atoms with Crippen molar-refractivity contribution in [3.05, 3.63) is 34.9 Å². The Bertz CT molecular complexity index is 456. The van der Waals surface area contributed by atoms with Crippen LogP contribution in [0.1, 0.15) is 55.7 Å². The molecule has 0 aromatic heterocycles. The molecule has 0 amide bonds. The first kappa shape index (κ1) is 15.0. The van der Waals surface area contributed by atoms with Gasteiger partial charge in [0, 0.05) is 6.54 Å². The molecule has 3 nitrogen and oxygen atoms in total. The number of fused-ring (bicyclic) bond motifs is 1. The molecule has 0 spiro atoms. The molecule has 2 N–H and O–H groups in total. The van der Waals surface area contributed by atoms with Crippen molar-refractivity contribution in [1.82, 2.24) is 5.32 Å². The molecule has 20 heavy (non-hydrogen) atoms. The van der Waals surface area contributed by atoms with E-state index in [9.17, 15) is 9.90 Å². The Kier molecular flexibility index (Phi) is 5.60. The summed E-state index contributed by atoms with van der Waals surface area (Å²) >= 11 is 0. The Balaban J connectivity index is 1.93. The van der Waals surface area contributed by atoms with Gasteiger partial charge < -0.3 is 10.4 Å². The third-order valence-corrected chi connectivity index (χ3v) is 4.11. The van der Waals surface area contributed by atoms with Gasteiger partial charge in [0.2, 0.25) is 0 Å². The van der Waals surface area contributed by atoms with Crippen LogP contribution in [0.5, 0.6) is 0 Å². The van der Waals surface area contributed by atoms with Gasteiger partial charge in [-0.25, -0.2) is 0 Å². The van der Waals surface area contributed by atoms with E-state index in [2.05, 4.69) is 30.4 Å². The Morgan fingerprint density at radius 1 is 1.30 bits per heavy atom. The fourth-order valence-corrected chi connectivity index (χ4v) is 2.86. The van der Waals surface area contributed by atoms with Crippen LogP contribution in [-0.2, 0) is 24.2 Å². The number of aliphatic carboxylic acids is 1. The molecule has 110 valence electrons. The van der Waals surface area contributed by atoms with Crippen LogP contribution in [0.2, 0.25) is 0 Å². The Morgan fingerprint density at radius 3 is 2.75 bits per heavy atom. The summed E-state index contributed by atoms with van der Waals surface area (Å²) in [7, 11) is 0. The average Bonchev–Trinajstić information content (AvgIpc) is 2.46. The second-order valence-corrected chi connectivity index (χ2v) is 5.72. The first-order valence-electron chi connectivity index (χ1n) is 7.77. The van der Waals surface area contributed by atoms with Crippen LogP contribution in [0.25, 0.3) is 0 Å². The van der Waals surface area contributed by atoms with E-state index in [4.69, 9.17) is 0 Å². The van der Waals surface area contributed by atoms with Crippen LogP contribution in [0.15, 0.2) is 18.2 Å². The molecule has 0 saturated carbocycles. The Hall–Kier alpha value is -1.35. The highest BCUT2D eigenvalue weighted by atomic mass is 16.4. The maximum Gasteiger partial charge on any atom is 0.320 e. The van der Waals surface area contributed by atoms with Crippen molar-refractivity contribution in [3.63, 3.8) is 0 Å². The average molecular weight is 275 g/mol. The van der Waals surface area contributed by atoms with E-state index < -0.39 is 12.0 Å². The molecule has 1 aliphatic rings. The first-order valence-corrected chi connectivity index (χ1v) is 7.77. The Labute approximate surface area is 121 Å². The smallest absolute Gasteiger partial charge is 0.320 e. The number of rotatable bonds is 7. The second kappa shape index (κ2) is 7.44. The van der Waals surface area contributed by atoms with Gasteiger partial charge in [0.15, 0.2) is 0 Å². The van der Waals surface area contributed by atoms with E-state index in [0.29, 0.717) is 13.0 Å². The number of carbonyl (C=O) groups is 1. The van der Waals surface area contributed by atoms with E-state index in [1.54, 1.807) is 0 Å². The molecule has 0 heterocycles. The standard InChI is InChI=1S/C17H25NO2/c1-2-3-8-16(17(19)20)18-12-13-9-10-14-6-4-5-7-15(14)11-13/h9-11,16,18H,2-8,12H2,1H3,(H,19,20). The minimum absolute atomic E-state index is 0.425. The molecular formula is C17H25NO2. The molecule has 3 heteroatoms. The largest absolute Gasteiger partial charge is 0.480 e. The van der Waals surface area contributed by atoms with E-state index in [1.165, 1.54) is 42.4 Å². The van der Waals surface area contributed by atoms with Gasteiger partial charge in [-0.15, -0.1) is 0 Å². The first-order chi connectivity index (χ1) is 9.70. The van der Waals surface area contributed by atoms with Crippen LogP contribution in [-0.4, -0.2) is 17.1 Å². The van der Waals surface area contributed by atoms with Gasteiger partial charge in [-0.05, 0) is 48.8 Å². The summed E-state index contributed by atoms with van der Waals surface area (Å²) < 4.78 is 0. The van der Waals surface area contributed by atoms with Gasteiger partial charge >= 0.3 is 5.97 Å². The van der Waals surface area contributed by atoms with E-state index >= 15 is 0 Å². The minimum Gasteiger partial charge on any atom is -0.480 e. The molecule has 1 atom stereocenters. The van der Waals surface area contributed by atoms with Crippen molar-refractivity contribution >= 4 is 5.97 Å². The van der Waals surface area contributed by atoms with E-state index in [-0.39, 0.29) is 0 Å². The quantitative estimate of drug-likeness (QED) is 0.802. The summed E-state index contributed by atoms with van der Waals surface area (Å²) in [5.41, 5.74) is 4.13. The van der Waals surface area contributed by atoms with E-state index in [1.807, 2.05) is 0 Å². The topological polar surface area (TPSA) is 49.3 Å². The maximum atomic E-state index is 11.2. The lowest BCUT2D eigenvalue weighted by atomic mass is 9.90. The number of nitrogens with one attached hydrogen (secondary N) is 1. The van der Waals surface area contributed by atoms with Crippen LogP contribution in [0, 0.1) is 0 Å². The monoisotopic (exact) mass is 275 g/mol. The molecule has 2 rings (SSSR count). The molecule has 0 fully saturated rings. The van der Waals surface area contributed by atoms with Crippen LogP contribution in [0.4, 0.5) is 0 Å². The maximum absolute atomic E-state index is 11.2.